The highest BCUT2D eigenvalue weighted by Gasteiger charge is 2.32. The molecule has 1 aliphatic rings. The van der Waals surface area contributed by atoms with Crippen molar-refractivity contribution in [3.05, 3.63) is 27.9 Å². The second-order valence-electron chi connectivity index (χ2n) is 4.98. The predicted octanol–water partition coefficient (Wildman–Crippen LogP) is 2.22. The molecule has 2 rings (SSSR count). The molecule has 0 radical (unpaired) electrons. The van der Waals surface area contributed by atoms with Crippen LogP contribution >= 0.6 is 15.9 Å². The molecular weight excluding hydrogens is 396 g/mol. The van der Waals surface area contributed by atoms with Gasteiger partial charge in [-0.1, -0.05) is 0 Å². The normalized spacial score (nSPS) is 15.5. The van der Waals surface area contributed by atoms with Gasteiger partial charge in [0, 0.05) is 6.54 Å². The van der Waals surface area contributed by atoms with E-state index in [-0.39, 0.29) is 18.0 Å². The molecule has 1 aromatic rings. The fraction of sp³-hybridized carbons (Fsp3) is 0.312. The first kappa shape index (κ1) is 18.8. The number of urea groups is 1. The number of carboxylic acids is 1. The van der Waals surface area contributed by atoms with E-state index in [1.165, 1.54) is 6.08 Å². The van der Waals surface area contributed by atoms with Gasteiger partial charge in [0.25, 0.3) is 5.91 Å². The molecule has 8 nitrogen and oxygen atoms in total. The molecule has 25 heavy (non-hydrogen) atoms. The zero-order valence-electron chi connectivity index (χ0n) is 13.7. The number of carbonyl (C=O) groups is 3. The van der Waals surface area contributed by atoms with Gasteiger partial charge in [-0.2, -0.15) is 0 Å². The van der Waals surface area contributed by atoms with Crippen molar-refractivity contribution in [1.82, 2.24) is 10.2 Å². The first-order valence-corrected chi connectivity index (χ1v) is 8.32. The number of imide groups is 1. The van der Waals surface area contributed by atoms with Crippen molar-refractivity contribution in [3.63, 3.8) is 0 Å². The van der Waals surface area contributed by atoms with Crippen LogP contribution in [-0.4, -0.2) is 47.7 Å². The van der Waals surface area contributed by atoms with Crippen LogP contribution in [0.25, 0.3) is 6.08 Å². The minimum Gasteiger partial charge on any atom is -0.490 e. The van der Waals surface area contributed by atoms with E-state index in [1.807, 2.05) is 0 Å². The Balaban J connectivity index is 2.36. The summed E-state index contributed by atoms with van der Waals surface area (Å²) in [7, 11) is 0. The summed E-state index contributed by atoms with van der Waals surface area (Å²) in [5.41, 5.74) is 0.736. The number of amides is 3. The van der Waals surface area contributed by atoms with E-state index in [2.05, 4.69) is 21.2 Å². The van der Waals surface area contributed by atoms with Crippen molar-refractivity contribution >= 4 is 39.9 Å². The summed E-state index contributed by atoms with van der Waals surface area (Å²) in [6.45, 7) is 3.59. The van der Waals surface area contributed by atoms with E-state index in [0.29, 0.717) is 22.4 Å². The summed E-state index contributed by atoms with van der Waals surface area (Å²) in [5, 5.41) is 11.3. The van der Waals surface area contributed by atoms with Crippen molar-refractivity contribution in [2.45, 2.75) is 13.8 Å². The van der Waals surface area contributed by atoms with Crippen LogP contribution in [0.15, 0.2) is 22.3 Å². The summed E-state index contributed by atoms with van der Waals surface area (Å²) in [6, 6.07) is 2.78. The van der Waals surface area contributed by atoms with E-state index in [9.17, 15) is 14.4 Å². The fourth-order valence-electron chi connectivity index (χ4n) is 2.23. The summed E-state index contributed by atoms with van der Waals surface area (Å²) < 4.78 is 11.2. The predicted molar refractivity (Wildman–Crippen MR) is 92.3 cm³/mol. The molecule has 2 N–H and O–H groups in total. The van der Waals surface area contributed by atoms with Gasteiger partial charge in [0.2, 0.25) is 0 Å². The van der Waals surface area contributed by atoms with Crippen molar-refractivity contribution in [2.24, 2.45) is 0 Å². The van der Waals surface area contributed by atoms with Crippen molar-refractivity contribution in [3.8, 4) is 11.5 Å². The zero-order valence-corrected chi connectivity index (χ0v) is 15.3. The van der Waals surface area contributed by atoms with E-state index >= 15 is 0 Å². The minimum atomic E-state index is -1.11. The maximum atomic E-state index is 12.1. The van der Waals surface area contributed by atoms with Crippen LogP contribution in [0.5, 0.6) is 11.5 Å². The lowest BCUT2D eigenvalue weighted by molar-refractivity contribution is -0.139. The van der Waals surface area contributed by atoms with Gasteiger partial charge < -0.3 is 19.9 Å². The van der Waals surface area contributed by atoms with E-state index < -0.39 is 24.5 Å². The van der Waals surface area contributed by atoms with E-state index in [0.717, 1.165) is 4.90 Å². The van der Waals surface area contributed by atoms with Gasteiger partial charge in [-0.3, -0.25) is 9.69 Å². The number of hydrogen-bond donors (Lipinski definition) is 2. The third-order valence-corrected chi connectivity index (χ3v) is 3.85. The third kappa shape index (κ3) is 4.30. The number of ether oxygens (including phenoxy) is 2. The quantitative estimate of drug-likeness (QED) is 0.525. The van der Waals surface area contributed by atoms with Crippen LogP contribution in [0.1, 0.15) is 19.4 Å². The van der Waals surface area contributed by atoms with Gasteiger partial charge in [-0.15, -0.1) is 0 Å². The smallest absolute Gasteiger partial charge is 0.341 e. The Morgan fingerprint density at radius 3 is 2.60 bits per heavy atom. The molecule has 0 atom stereocenters. The molecular formula is C16H17BrN2O6. The monoisotopic (exact) mass is 412 g/mol. The highest BCUT2D eigenvalue weighted by atomic mass is 79.9. The standard InChI is InChI=1S/C16H17BrN2O6/c1-3-19-15(22)11(18-16(19)23)6-9-5-10(17)14(25-8-13(20)21)12(7-9)24-4-2/h5-7H,3-4,8H2,1-2H3,(H,18,23)(H,20,21)/b11-6+. The number of nitrogens with zero attached hydrogens (tertiary/aromatic N) is 1. The Labute approximate surface area is 152 Å². The number of halogens is 1. The molecule has 0 unspecified atom stereocenters. The van der Waals surface area contributed by atoms with Crippen LogP contribution in [0.2, 0.25) is 0 Å². The first-order valence-electron chi connectivity index (χ1n) is 7.52. The van der Waals surface area contributed by atoms with Gasteiger partial charge >= 0.3 is 12.0 Å². The average molecular weight is 413 g/mol. The molecule has 1 aliphatic heterocycles. The van der Waals surface area contributed by atoms with Crippen molar-refractivity contribution in [2.75, 3.05) is 19.8 Å². The third-order valence-electron chi connectivity index (χ3n) is 3.26. The summed E-state index contributed by atoms with van der Waals surface area (Å²) in [6.07, 6.45) is 1.52. The lowest BCUT2D eigenvalue weighted by Gasteiger charge is -2.13. The van der Waals surface area contributed by atoms with E-state index in [1.54, 1.807) is 26.0 Å². The van der Waals surface area contributed by atoms with Crippen molar-refractivity contribution < 1.29 is 29.0 Å². The molecule has 0 aliphatic carbocycles. The molecule has 3 amide bonds. The van der Waals surface area contributed by atoms with Crippen LogP contribution in [0.3, 0.4) is 0 Å². The number of carboxylic acid groups (broad SMARTS) is 1. The number of aliphatic carboxylic acids is 1. The molecule has 9 heteroatoms. The fourth-order valence-corrected chi connectivity index (χ4v) is 2.81. The van der Waals surface area contributed by atoms with Gasteiger partial charge in [0.1, 0.15) is 5.70 Å². The zero-order chi connectivity index (χ0) is 18.6. The molecule has 1 saturated heterocycles. The SMILES string of the molecule is CCOc1cc(/C=C2/NC(=O)N(CC)C2=O)cc(Br)c1OCC(=O)O. The second-order valence-corrected chi connectivity index (χ2v) is 5.84. The number of hydrogen-bond acceptors (Lipinski definition) is 5. The summed E-state index contributed by atoms with van der Waals surface area (Å²) >= 11 is 3.31. The van der Waals surface area contributed by atoms with Gasteiger partial charge in [0.05, 0.1) is 11.1 Å². The number of carbonyl (C=O) groups excluding carboxylic acids is 2. The highest BCUT2D eigenvalue weighted by Crippen LogP contribution is 2.37. The number of rotatable bonds is 7. The molecule has 1 heterocycles. The Bertz CT molecular complexity index is 746. The van der Waals surface area contributed by atoms with Gasteiger partial charge in [-0.25, -0.2) is 9.59 Å². The molecule has 0 aromatic heterocycles. The molecule has 0 bridgehead atoms. The van der Waals surface area contributed by atoms with Gasteiger partial charge in [-0.05, 0) is 53.5 Å². The largest absolute Gasteiger partial charge is 0.490 e. The number of benzene rings is 1. The highest BCUT2D eigenvalue weighted by molar-refractivity contribution is 9.10. The Hall–Kier alpha value is -2.55. The summed E-state index contributed by atoms with van der Waals surface area (Å²) in [4.78, 5) is 35.6. The molecule has 0 saturated carbocycles. The molecule has 1 fully saturated rings. The Morgan fingerprint density at radius 2 is 2.04 bits per heavy atom. The molecule has 1 aromatic carbocycles. The van der Waals surface area contributed by atoms with Gasteiger partial charge in [0.15, 0.2) is 18.1 Å². The number of likely N-dealkylation sites (N-methyl/N-ethyl adjacent to an activating group) is 1. The lowest BCUT2D eigenvalue weighted by Crippen LogP contribution is -2.30. The van der Waals surface area contributed by atoms with Crippen LogP contribution in [0, 0.1) is 0 Å². The summed E-state index contributed by atoms with van der Waals surface area (Å²) in [5.74, 6) is -0.940. The Kier molecular flexibility index (Phi) is 6.02. The molecule has 134 valence electrons. The topological polar surface area (TPSA) is 105 Å². The number of nitrogens with one attached hydrogen (secondary N) is 1. The van der Waals surface area contributed by atoms with Crippen LogP contribution in [-0.2, 0) is 9.59 Å². The first-order chi connectivity index (χ1) is 11.9. The second kappa shape index (κ2) is 8.02. The maximum absolute atomic E-state index is 12.1. The molecule has 0 spiro atoms. The van der Waals surface area contributed by atoms with Crippen molar-refractivity contribution in [1.29, 1.82) is 0 Å². The van der Waals surface area contributed by atoms with Crippen LogP contribution in [0.4, 0.5) is 4.79 Å². The maximum Gasteiger partial charge on any atom is 0.341 e. The minimum absolute atomic E-state index is 0.153. The van der Waals surface area contributed by atoms with Crippen LogP contribution < -0.4 is 14.8 Å². The van der Waals surface area contributed by atoms with E-state index in [4.69, 9.17) is 14.6 Å². The Morgan fingerprint density at radius 1 is 1.32 bits per heavy atom. The average Bonchev–Trinajstić information content (AvgIpc) is 2.80. The lowest BCUT2D eigenvalue weighted by atomic mass is 10.1.